The Morgan fingerprint density at radius 1 is 1.19 bits per heavy atom. The van der Waals surface area contributed by atoms with Crippen LogP contribution in [0.3, 0.4) is 0 Å². The third-order valence-corrected chi connectivity index (χ3v) is 7.35. The maximum Gasteiger partial charge on any atom is 0.311 e. The molecule has 0 aromatic rings. The Bertz CT molecular complexity index is 386. The van der Waals surface area contributed by atoms with Crippen LogP contribution in [0.25, 0.3) is 0 Å². The lowest BCUT2D eigenvalue weighted by molar-refractivity contribution is -0.148. The van der Waals surface area contributed by atoms with Gasteiger partial charge >= 0.3 is 5.97 Å². The molecule has 2 unspecified atom stereocenters. The number of carbonyl (C=O) groups is 1. The molecule has 3 aliphatic rings. The van der Waals surface area contributed by atoms with Crippen LogP contribution < -0.4 is 0 Å². The summed E-state index contributed by atoms with van der Waals surface area (Å²) in [7, 11) is 3.65. The molecule has 0 aromatic carbocycles. The number of esters is 1. The van der Waals surface area contributed by atoms with Gasteiger partial charge in [-0.05, 0) is 52.0 Å². The lowest BCUT2D eigenvalue weighted by Crippen LogP contribution is -2.51. The van der Waals surface area contributed by atoms with E-state index in [2.05, 4.69) is 11.9 Å². The largest absolute Gasteiger partial charge is 0.469 e. The van der Waals surface area contributed by atoms with E-state index in [-0.39, 0.29) is 11.9 Å². The van der Waals surface area contributed by atoms with Crippen LogP contribution in [0.5, 0.6) is 0 Å². The Kier molecular flexibility index (Phi) is 4.79. The highest BCUT2D eigenvalue weighted by molar-refractivity contribution is 8.00. The first kappa shape index (κ1) is 15.6. The first-order chi connectivity index (χ1) is 10.1. The first-order valence-corrected chi connectivity index (χ1v) is 9.13. The minimum absolute atomic E-state index is 0.00755. The van der Waals surface area contributed by atoms with Gasteiger partial charge in [0.05, 0.1) is 13.0 Å². The van der Waals surface area contributed by atoms with Gasteiger partial charge < -0.3 is 4.74 Å². The van der Waals surface area contributed by atoms with E-state index in [9.17, 15) is 9.18 Å². The Labute approximate surface area is 131 Å². The number of alkyl halides is 1. The Morgan fingerprint density at radius 2 is 1.90 bits per heavy atom. The summed E-state index contributed by atoms with van der Waals surface area (Å²) in [5, 5.41) is 0.879. The number of thioether (sulfide) groups is 1. The third kappa shape index (κ3) is 3.09. The standard InChI is InChI=1S/C16H26FNO2S/c1-18-11-5-8-13(18)15(16(19)20-2)14(9-11)21-12-6-3-10(17)4-7-12/h10-15H,3-9H2,1-2H3/t10?,11-,12?,13?,14+,15?/m1/s1. The molecular formula is C16H26FNO2S. The molecule has 21 heavy (non-hydrogen) atoms. The second-order valence-electron chi connectivity index (χ2n) is 6.80. The minimum Gasteiger partial charge on any atom is -0.469 e. The molecule has 120 valence electrons. The van der Waals surface area contributed by atoms with Gasteiger partial charge in [-0.2, -0.15) is 11.8 Å². The van der Waals surface area contributed by atoms with E-state index in [0.717, 1.165) is 25.7 Å². The van der Waals surface area contributed by atoms with E-state index < -0.39 is 6.17 Å². The van der Waals surface area contributed by atoms with Gasteiger partial charge in [0.2, 0.25) is 0 Å². The van der Waals surface area contributed by atoms with Crippen LogP contribution in [0, 0.1) is 5.92 Å². The van der Waals surface area contributed by atoms with Crippen molar-refractivity contribution in [1.29, 1.82) is 0 Å². The predicted molar refractivity (Wildman–Crippen MR) is 83.2 cm³/mol. The van der Waals surface area contributed by atoms with Crippen molar-refractivity contribution >= 4 is 17.7 Å². The molecule has 2 aliphatic heterocycles. The molecule has 0 amide bonds. The van der Waals surface area contributed by atoms with Crippen molar-refractivity contribution in [2.24, 2.45) is 5.92 Å². The maximum atomic E-state index is 13.3. The molecule has 2 heterocycles. The number of piperidine rings is 1. The van der Waals surface area contributed by atoms with Crippen molar-refractivity contribution in [2.75, 3.05) is 14.2 Å². The van der Waals surface area contributed by atoms with Gasteiger partial charge in [-0.3, -0.25) is 9.69 Å². The average molecular weight is 315 g/mol. The molecule has 0 radical (unpaired) electrons. The quantitative estimate of drug-likeness (QED) is 0.749. The third-order valence-electron chi connectivity index (χ3n) is 5.66. The summed E-state index contributed by atoms with van der Waals surface area (Å²) >= 11 is 1.95. The number of methoxy groups -OCH3 is 1. The zero-order valence-corrected chi connectivity index (χ0v) is 13.8. The average Bonchev–Trinajstić information content (AvgIpc) is 2.73. The number of rotatable bonds is 3. The summed E-state index contributed by atoms with van der Waals surface area (Å²) in [4.78, 5) is 14.7. The molecule has 2 bridgehead atoms. The molecule has 3 fully saturated rings. The molecule has 5 heteroatoms. The number of nitrogens with zero attached hydrogens (tertiary/aromatic N) is 1. The SMILES string of the molecule is COC(=O)C1C2CC[C@H](C[C@@H]1SC1CCC(F)CC1)N2C. The highest BCUT2D eigenvalue weighted by Gasteiger charge is 2.50. The number of hydrogen-bond acceptors (Lipinski definition) is 4. The summed E-state index contributed by atoms with van der Waals surface area (Å²) in [5.74, 6) is -0.0595. The number of fused-ring (bicyclic) bond motifs is 2. The van der Waals surface area contributed by atoms with E-state index in [1.807, 2.05) is 11.8 Å². The fourth-order valence-electron chi connectivity index (χ4n) is 4.41. The Hall–Kier alpha value is -0.290. The summed E-state index contributed by atoms with van der Waals surface area (Å²) in [5.41, 5.74) is 0. The smallest absolute Gasteiger partial charge is 0.311 e. The summed E-state index contributed by atoms with van der Waals surface area (Å²) in [6, 6.07) is 0.956. The first-order valence-electron chi connectivity index (χ1n) is 8.19. The lowest BCUT2D eigenvalue weighted by Gasteiger charge is -2.42. The van der Waals surface area contributed by atoms with Gasteiger partial charge in [0.1, 0.15) is 6.17 Å². The predicted octanol–water partition coefficient (Wildman–Crippen LogP) is 3.02. The van der Waals surface area contributed by atoms with Crippen LogP contribution >= 0.6 is 11.8 Å². The molecule has 1 aliphatic carbocycles. The van der Waals surface area contributed by atoms with Gasteiger partial charge in [-0.15, -0.1) is 0 Å². The monoisotopic (exact) mass is 315 g/mol. The van der Waals surface area contributed by atoms with Crippen LogP contribution in [0.4, 0.5) is 4.39 Å². The van der Waals surface area contributed by atoms with Crippen molar-refractivity contribution in [2.45, 2.75) is 73.7 Å². The van der Waals surface area contributed by atoms with Crippen LogP contribution in [0.1, 0.15) is 44.9 Å². The number of halogens is 1. The summed E-state index contributed by atoms with van der Waals surface area (Å²) in [6.45, 7) is 0. The molecule has 2 saturated heterocycles. The van der Waals surface area contributed by atoms with E-state index in [1.54, 1.807) is 0 Å². The normalized spacial score (nSPS) is 43.8. The fourth-order valence-corrected chi connectivity index (χ4v) is 6.25. The second-order valence-corrected chi connectivity index (χ2v) is 8.34. The van der Waals surface area contributed by atoms with Gasteiger partial charge in [0.15, 0.2) is 0 Å². The van der Waals surface area contributed by atoms with E-state index in [1.165, 1.54) is 13.5 Å². The molecule has 0 aromatic heterocycles. The van der Waals surface area contributed by atoms with Gasteiger partial charge in [-0.1, -0.05) is 0 Å². The summed E-state index contributed by atoms with van der Waals surface area (Å²) < 4.78 is 18.4. The Morgan fingerprint density at radius 3 is 2.57 bits per heavy atom. The second kappa shape index (κ2) is 6.45. The lowest BCUT2D eigenvalue weighted by atomic mass is 9.90. The van der Waals surface area contributed by atoms with Crippen molar-refractivity contribution in [3.63, 3.8) is 0 Å². The van der Waals surface area contributed by atoms with E-state index in [4.69, 9.17) is 4.74 Å². The molecule has 3 nitrogen and oxygen atoms in total. The van der Waals surface area contributed by atoms with Crippen LogP contribution in [-0.4, -0.2) is 53.8 Å². The van der Waals surface area contributed by atoms with Gasteiger partial charge in [-0.25, -0.2) is 4.39 Å². The molecule has 3 rings (SSSR count). The van der Waals surface area contributed by atoms with Crippen LogP contribution in [0.2, 0.25) is 0 Å². The van der Waals surface area contributed by atoms with E-state index >= 15 is 0 Å². The fraction of sp³-hybridized carbons (Fsp3) is 0.938. The molecule has 0 spiro atoms. The molecule has 4 atom stereocenters. The van der Waals surface area contributed by atoms with Crippen molar-refractivity contribution in [3.8, 4) is 0 Å². The number of carbonyl (C=O) groups excluding carboxylic acids is 1. The van der Waals surface area contributed by atoms with Crippen molar-refractivity contribution in [3.05, 3.63) is 0 Å². The number of ether oxygens (including phenoxy) is 1. The Balaban J connectivity index is 1.69. The highest BCUT2D eigenvalue weighted by atomic mass is 32.2. The van der Waals surface area contributed by atoms with Crippen LogP contribution in [-0.2, 0) is 9.53 Å². The van der Waals surface area contributed by atoms with Crippen molar-refractivity contribution in [1.82, 2.24) is 4.90 Å². The van der Waals surface area contributed by atoms with Gasteiger partial charge in [0.25, 0.3) is 0 Å². The van der Waals surface area contributed by atoms with Crippen LogP contribution in [0.15, 0.2) is 0 Å². The molecule has 0 N–H and O–H groups in total. The van der Waals surface area contributed by atoms with E-state index in [0.29, 0.717) is 35.4 Å². The van der Waals surface area contributed by atoms with Crippen molar-refractivity contribution < 1.29 is 13.9 Å². The highest BCUT2D eigenvalue weighted by Crippen LogP contribution is 2.46. The topological polar surface area (TPSA) is 29.5 Å². The maximum absolute atomic E-state index is 13.3. The minimum atomic E-state index is -0.605. The summed E-state index contributed by atoms with van der Waals surface area (Å²) in [6.07, 6.45) is 6.08. The zero-order valence-electron chi connectivity index (χ0n) is 13.0. The number of hydrogen-bond donors (Lipinski definition) is 0. The molecular weight excluding hydrogens is 289 g/mol. The van der Waals surface area contributed by atoms with Gasteiger partial charge in [0, 0.05) is 22.6 Å². The zero-order chi connectivity index (χ0) is 15.0. The molecule has 1 saturated carbocycles.